The first-order valence-corrected chi connectivity index (χ1v) is 10.0. The quantitative estimate of drug-likeness (QED) is 0.525. The first kappa shape index (κ1) is 21.4. The van der Waals surface area contributed by atoms with Crippen LogP contribution in [0.2, 0.25) is 0 Å². The molecule has 30 heavy (non-hydrogen) atoms. The van der Waals surface area contributed by atoms with E-state index in [1.807, 2.05) is 56.3 Å². The van der Waals surface area contributed by atoms with Gasteiger partial charge in [-0.3, -0.25) is 4.79 Å². The van der Waals surface area contributed by atoms with Crippen LogP contribution in [0.4, 0.5) is 0 Å². The predicted molar refractivity (Wildman–Crippen MR) is 118 cm³/mol. The molecule has 0 aliphatic rings. The number of carbonyl (C=O) groups is 1. The van der Waals surface area contributed by atoms with E-state index in [4.69, 9.17) is 20.3 Å². The Hall–Kier alpha value is -3.31. The number of rotatable bonds is 9. The Morgan fingerprint density at radius 3 is 2.53 bits per heavy atom. The average molecular weight is 405 g/mol. The van der Waals surface area contributed by atoms with Crippen LogP contribution in [0.25, 0.3) is 11.1 Å². The third-order valence-electron chi connectivity index (χ3n) is 4.73. The normalized spacial score (nSPS) is 11.7. The van der Waals surface area contributed by atoms with Gasteiger partial charge in [0.25, 0.3) is 0 Å². The molecule has 3 aromatic rings. The van der Waals surface area contributed by atoms with Gasteiger partial charge in [-0.1, -0.05) is 36.4 Å². The molecule has 0 aliphatic heterocycles. The molecule has 0 aromatic heterocycles. The first-order valence-electron chi connectivity index (χ1n) is 10.0. The summed E-state index contributed by atoms with van der Waals surface area (Å²) in [6.07, 6.45) is -0.0789. The van der Waals surface area contributed by atoms with Crippen molar-refractivity contribution in [3.63, 3.8) is 0 Å². The molecular weight excluding hydrogens is 378 g/mol. The van der Waals surface area contributed by atoms with Crippen molar-refractivity contribution in [2.45, 2.75) is 32.9 Å². The molecule has 5 nitrogen and oxygen atoms in total. The van der Waals surface area contributed by atoms with Gasteiger partial charge in [0.05, 0.1) is 13.0 Å². The first-order chi connectivity index (χ1) is 14.5. The van der Waals surface area contributed by atoms with E-state index in [2.05, 4.69) is 12.1 Å². The highest BCUT2D eigenvalue weighted by Crippen LogP contribution is 2.29. The van der Waals surface area contributed by atoms with Gasteiger partial charge in [0.1, 0.15) is 18.1 Å². The van der Waals surface area contributed by atoms with Crippen LogP contribution in [0.3, 0.4) is 0 Å². The van der Waals surface area contributed by atoms with Gasteiger partial charge in [0, 0.05) is 11.6 Å². The largest absolute Gasteiger partial charge is 0.494 e. The van der Waals surface area contributed by atoms with E-state index in [0.717, 1.165) is 28.0 Å². The fraction of sp³-hybridized carbons (Fsp3) is 0.240. The van der Waals surface area contributed by atoms with E-state index in [1.165, 1.54) is 0 Å². The van der Waals surface area contributed by atoms with Gasteiger partial charge < -0.3 is 20.3 Å². The maximum Gasteiger partial charge on any atom is 0.307 e. The molecule has 0 fully saturated rings. The fourth-order valence-corrected chi connectivity index (χ4v) is 3.28. The zero-order chi connectivity index (χ0) is 21.5. The Morgan fingerprint density at radius 1 is 1.00 bits per heavy atom. The number of aliphatic carboxylic acids is 1. The molecule has 0 saturated carbocycles. The minimum atomic E-state index is -0.888. The molecule has 3 aromatic carbocycles. The van der Waals surface area contributed by atoms with Crippen molar-refractivity contribution in [2.75, 3.05) is 6.61 Å². The molecule has 0 amide bonds. The average Bonchev–Trinajstić information content (AvgIpc) is 2.73. The van der Waals surface area contributed by atoms with E-state index >= 15 is 0 Å². The van der Waals surface area contributed by atoms with Crippen LogP contribution >= 0.6 is 0 Å². The Balaban J connectivity index is 1.89. The summed E-state index contributed by atoms with van der Waals surface area (Å²) in [7, 11) is 0. The van der Waals surface area contributed by atoms with E-state index in [0.29, 0.717) is 24.5 Å². The van der Waals surface area contributed by atoms with Crippen LogP contribution in [0.15, 0.2) is 66.7 Å². The van der Waals surface area contributed by atoms with Crippen molar-refractivity contribution in [3.05, 3.63) is 83.4 Å². The second-order valence-electron chi connectivity index (χ2n) is 7.18. The van der Waals surface area contributed by atoms with Gasteiger partial charge in [0.2, 0.25) is 0 Å². The predicted octanol–water partition coefficient (Wildman–Crippen LogP) is 4.98. The van der Waals surface area contributed by atoms with E-state index < -0.39 is 5.97 Å². The van der Waals surface area contributed by atoms with Crippen molar-refractivity contribution in [1.82, 2.24) is 0 Å². The lowest BCUT2D eigenvalue weighted by Crippen LogP contribution is -2.05. The lowest BCUT2D eigenvalue weighted by molar-refractivity contribution is -0.136. The van der Waals surface area contributed by atoms with Crippen molar-refractivity contribution in [1.29, 1.82) is 0 Å². The van der Waals surface area contributed by atoms with Gasteiger partial charge in [-0.15, -0.1) is 0 Å². The molecule has 5 heteroatoms. The smallest absolute Gasteiger partial charge is 0.307 e. The topological polar surface area (TPSA) is 81.8 Å². The van der Waals surface area contributed by atoms with Crippen LogP contribution in [0.1, 0.15) is 36.6 Å². The second kappa shape index (κ2) is 9.94. The lowest BCUT2D eigenvalue weighted by Gasteiger charge is -2.14. The van der Waals surface area contributed by atoms with Gasteiger partial charge in [-0.05, 0) is 66.4 Å². The third-order valence-corrected chi connectivity index (χ3v) is 4.73. The summed E-state index contributed by atoms with van der Waals surface area (Å²) < 4.78 is 11.7. The minimum absolute atomic E-state index is 0.0476. The van der Waals surface area contributed by atoms with Crippen LogP contribution in [-0.4, -0.2) is 17.7 Å². The molecule has 1 atom stereocenters. The molecule has 0 heterocycles. The highest BCUT2D eigenvalue weighted by Gasteiger charge is 2.10. The van der Waals surface area contributed by atoms with Crippen LogP contribution in [-0.2, 0) is 17.8 Å². The van der Waals surface area contributed by atoms with Crippen LogP contribution < -0.4 is 15.2 Å². The number of ether oxygens (including phenoxy) is 2. The molecule has 0 saturated heterocycles. The highest BCUT2D eigenvalue weighted by molar-refractivity contribution is 5.71. The van der Waals surface area contributed by atoms with Gasteiger partial charge >= 0.3 is 5.97 Å². The van der Waals surface area contributed by atoms with E-state index in [9.17, 15) is 4.79 Å². The van der Waals surface area contributed by atoms with Gasteiger partial charge in [-0.2, -0.15) is 0 Å². The summed E-state index contributed by atoms with van der Waals surface area (Å²) in [5.41, 5.74) is 10.8. The Kier molecular flexibility index (Phi) is 7.09. The number of hydrogen-bond donors (Lipinski definition) is 2. The van der Waals surface area contributed by atoms with Crippen molar-refractivity contribution >= 4 is 5.97 Å². The van der Waals surface area contributed by atoms with Crippen molar-refractivity contribution < 1.29 is 19.4 Å². The molecule has 0 radical (unpaired) electrons. The van der Waals surface area contributed by atoms with Crippen LogP contribution in [0.5, 0.6) is 11.5 Å². The van der Waals surface area contributed by atoms with Gasteiger partial charge in [0.15, 0.2) is 0 Å². The molecular formula is C25H27NO4. The van der Waals surface area contributed by atoms with E-state index in [1.54, 1.807) is 12.1 Å². The molecule has 3 N–H and O–H groups in total. The highest BCUT2D eigenvalue weighted by atomic mass is 16.5. The summed E-state index contributed by atoms with van der Waals surface area (Å²) in [4.78, 5) is 11.1. The molecule has 0 bridgehead atoms. The third kappa shape index (κ3) is 5.61. The summed E-state index contributed by atoms with van der Waals surface area (Å²) >= 11 is 0. The zero-order valence-electron chi connectivity index (χ0n) is 17.3. The summed E-state index contributed by atoms with van der Waals surface area (Å²) in [6.45, 7) is 4.77. The Bertz CT molecular complexity index is 1010. The Morgan fingerprint density at radius 2 is 1.80 bits per heavy atom. The molecule has 3 rings (SSSR count). The van der Waals surface area contributed by atoms with Crippen LogP contribution in [0, 0.1) is 0 Å². The fourth-order valence-electron chi connectivity index (χ4n) is 3.28. The summed E-state index contributed by atoms with van der Waals surface area (Å²) in [5.74, 6) is 0.446. The lowest BCUT2D eigenvalue weighted by atomic mass is 9.99. The zero-order valence-corrected chi connectivity index (χ0v) is 17.3. The molecule has 156 valence electrons. The molecule has 0 spiro atoms. The molecule has 0 aliphatic carbocycles. The number of carboxylic acid groups (broad SMARTS) is 1. The van der Waals surface area contributed by atoms with Crippen molar-refractivity contribution in [3.8, 4) is 22.6 Å². The monoisotopic (exact) mass is 405 g/mol. The maximum atomic E-state index is 11.1. The molecule has 0 unspecified atom stereocenters. The number of para-hydroxylation sites is 1. The van der Waals surface area contributed by atoms with Crippen molar-refractivity contribution in [2.24, 2.45) is 5.73 Å². The second-order valence-corrected chi connectivity index (χ2v) is 7.18. The maximum absolute atomic E-state index is 11.1. The number of hydrogen-bond acceptors (Lipinski definition) is 4. The minimum Gasteiger partial charge on any atom is -0.494 e. The SMILES string of the molecule is CCOc1cc(COc2ccccc2CC(=O)O)cc(-c2cccc([C@@H](C)N)c2)c1. The van der Waals surface area contributed by atoms with E-state index in [-0.39, 0.29) is 12.5 Å². The number of benzene rings is 3. The van der Waals surface area contributed by atoms with Gasteiger partial charge in [-0.25, -0.2) is 0 Å². The number of nitrogens with two attached hydrogens (primary N) is 1. The summed E-state index contributed by atoms with van der Waals surface area (Å²) in [6, 6.07) is 21.3. The standard InChI is InChI=1S/C25H27NO4/c1-3-29-23-12-18(16-30-24-10-5-4-7-21(24)15-25(27)28)11-22(14-23)20-9-6-8-19(13-20)17(2)26/h4-14,17H,3,15-16,26H2,1-2H3,(H,27,28)/t17-/m1/s1. The Labute approximate surface area is 177 Å². The number of carboxylic acids is 1. The summed E-state index contributed by atoms with van der Waals surface area (Å²) in [5, 5.41) is 9.11.